The molecule has 1 aromatic carbocycles. The van der Waals surface area contributed by atoms with Crippen molar-refractivity contribution in [3.63, 3.8) is 0 Å². The molecule has 0 bridgehead atoms. The Hall–Kier alpha value is -2.12. The number of pyridine rings is 1. The minimum absolute atomic E-state index is 0.169. The molecule has 4 heteroatoms. The fourth-order valence-corrected chi connectivity index (χ4v) is 2.72. The number of hydrogen-bond acceptors (Lipinski definition) is 4. The number of piperidine rings is 1. The number of anilines is 1. The van der Waals surface area contributed by atoms with Crippen molar-refractivity contribution in [3.8, 4) is 6.07 Å². The smallest absolute Gasteiger partial charge is 0.130 e. The van der Waals surface area contributed by atoms with Crippen LogP contribution in [0.15, 0.2) is 30.3 Å². The van der Waals surface area contributed by atoms with Gasteiger partial charge in [0.05, 0.1) is 17.1 Å². The zero-order valence-electron chi connectivity index (χ0n) is 11.6. The van der Waals surface area contributed by atoms with Crippen LogP contribution in [0.1, 0.15) is 18.9 Å². The third kappa shape index (κ3) is 2.21. The second-order valence-electron chi connectivity index (χ2n) is 5.53. The topological polar surface area (TPSA) is 65.9 Å². The Morgan fingerprint density at radius 3 is 2.95 bits per heavy atom. The fourth-order valence-electron chi connectivity index (χ4n) is 2.72. The van der Waals surface area contributed by atoms with E-state index in [1.807, 2.05) is 30.3 Å². The quantitative estimate of drug-likeness (QED) is 0.860. The highest BCUT2D eigenvalue weighted by Crippen LogP contribution is 2.25. The molecule has 2 N–H and O–H groups in total. The minimum atomic E-state index is 0.169. The van der Waals surface area contributed by atoms with Gasteiger partial charge in [-0.15, -0.1) is 0 Å². The summed E-state index contributed by atoms with van der Waals surface area (Å²) in [4.78, 5) is 6.88. The van der Waals surface area contributed by atoms with Crippen molar-refractivity contribution in [1.29, 1.82) is 5.26 Å². The van der Waals surface area contributed by atoms with E-state index in [1.54, 1.807) is 0 Å². The van der Waals surface area contributed by atoms with Gasteiger partial charge in [0, 0.05) is 24.5 Å². The van der Waals surface area contributed by atoms with Gasteiger partial charge in [-0.2, -0.15) is 5.26 Å². The highest BCUT2D eigenvalue weighted by molar-refractivity contribution is 5.86. The SMILES string of the molecule is CC1CCN(c2cc(C#N)c3ccccc3n2)CC1N. The Labute approximate surface area is 118 Å². The zero-order valence-corrected chi connectivity index (χ0v) is 11.6. The first-order valence-corrected chi connectivity index (χ1v) is 6.99. The zero-order chi connectivity index (χ0) is 14.1. The van der Waals surface area contributed by atoms with Gasteiger partial charge >= 0.3 is 0 Å². The molecule has 2 aromatic rings. The lowest BCUT2D eigenvalue weighted by Crippen LogP contribution is -2.47. The molecular formula is C16H18N4. The van der Waals surface area contributed by atoms with Crippen LogP contribution in [0.4, 0.5) is 5.82 Å². The van der Waals surface area contributed by atoms with E-state index in [4.69, 9.17) is 5.73 Å². The molecule has 0 spiro atoms. The number of fused-ring (bicyclic) bond motifs is 1. The van der Waals surface area contributed by atoms with Gasteiger partial charge in [0.25, 0.3) is 0 Å². The summed E-state index contributed by atoms with van der Waals surface area (Å²) in [6, 6.07) is 12.1. The van der Waals surface area contributed by atoms with Crippen LogP contribution in [0.2, 0.25) is 0 Å². The summed E-state index contributed by atoms with van der Waals surface area (Å²) in [6.45, 7) is 3.94. The van der Waals surface area contributed by atoms with Crippen LogP contribution < -0.4 is 10.6 Å². The highest BCUT2D eigenvalue weighted by atomic mass is 15.2. The molecule has 2 atom stereocenters. The number of nitrogens with two attached hydrogens (primary N) is 1. The van der Waals surface area contributed by atoms with E-state index in [0.717, 1.165) is 36.2 Å². The molecule has 1 fully saturated rings. The van der Waals surface area contributed by atoms with Gasteiger partial charge in [-0.05, 0) is 24.5 Å². The molecular weight excluding hydrogens is 248 g/mol. The van der Waals surface area contributed by atoms with Crippen molar-refractivity contribution in [1.82, 2.24) is 4.98 Å². The third-order valence-corrected chi connectivity index (χ3v) is 4.16. The molecule has 3 rings (SSSR count). The summed E-state index contributed by atoms with van der Waals surface area (Å²) >= 11 is 0. The Bertz CT molecular complexity index is 674. The minimum Gasteiger partial charge on any atom is -0.355 e. The molecule has 20 heavy (non-hydrogen) atoms. The molecule has 1 aliphatic rings. The van der Waals surface area contributed by atoms with Crippen molar-refractivity contribution < 1.29 is 0 Å². The van der Waals surface area contributed by atoms with Crippen LogP contribution in [0.5, 0.6) is 0 Å². The number of benzene rings is 1. The summed E-state index contributed by atoms with van der Waals surface area (Å²) in [5, 5.41) is 10.2. The number of para-hydroxylation sites is 1. The maximum absolute atomic E-state index is 9.33. The second kappa shape index (κ2) is 5.10. The van der Waals surface area contributed by atoms with E-state index in [-0.39, 0.29) is 6.04 Å². The predicted molar refractivity (Wildman–Crippen MR) is 80.4 cm³/mol. The lowest BCUT2D eigenvalue weighted by Gasteiger charge is -2.36. The van der Waals surface area contributed by atoms with Gasteiger partial charge in [0.2, 0.25) is 0 Å². The normalized spacial score (nSPS) is 22.8. The van der Waals surface area contributed by atoms with Crippen molar-refractivity contribution in [2.45, 2.75) is 19.4 Å². The summed E-state index contributed by atoms with van der Waals surface area (Å²) in [7, 11) is 0. The van der Waals surface area contributed by atoms with Crippen LogP contribution in [-0.4, -0.2) is 24.1 Å². The first kappa shape index (κ1) is 12.9. The number of hydrogen-bond donors (Lipinski definition) is 1. The molecule has 1 saturated heterocycles. The van der Waals surface area contributed by atoms with E-state index in [2.05, 4.69) is 22.9 Å². The summed E-state index contributed by atoms with van der Waals surface area (Å²) in [6.07, 6.45) is 1.07. The van der Waals surface area contributed by atoms with Crippen LogP contribution in [0, 0.1) is 17.2 Å². The average Bonchev–Trinajstić information content (AvgIpc) is 2.49. The van der Waals surface area contributed by atoms with E-state index in [9.17, 15) is 5.26 Å². The lowest BCUT2D eigenvalue weighted by molar-refractivity contribution is 0.378. The lowest BCUT2D eigenvalue weighted by atomic mass is 9.94. The van der Waals surface area contributed by atoms with Crippen LogP contribution in [0.3, 0.4) is 0 Å². The van der Waals surface area contributed by atoms with Gasteiger partial charge in [-0.3, -0.25) is 0 Å². The largest absolute Gasteiger partial charge is 0.355 e. The van der Waals surface area contributed by atoms with Crippen LogP contribution >= 0.6 is 0 Å². The first-order chi connectivity index (χ1) is 9.69. The van der Waals surface area contributed by atoms with E-state index < -0.39 is 0 Å². The van der Waals surface area contributed by atoms with Crippen LogP contribution in [-0.2, 0) is 0 Å². The van der Waals surface area contributed by atoms with Crippen molar-refractivity contribution in [3.05, 3.63) is 35.9 Å². The average molecular weight is 266 g/mol. The Morgan fingerprint density at radius 1 is 1.40 bits per heavy atom. The second-order valence-corrected chi connectivity index (χ2v) is 5.53. The standard InChI is InChI=1S/C16H18N4/c1-11-6-7-20(10-14(11)18)16-8-12(9-17)13-4-2-3-5-15(13)19-16/h2-5,8,11,14H,6-7,10,18H2,1H3. The van der Waals surface area contributed by atoms with Gasteiger partial charge in [-0.25, -0.2) is 4.98 Å². The molecule has 0 radical (unpaired) electrons. The molecule has 1 aromatic heterocycles. The number of aromatic nitrogens is 1. The van der Waals surface area contributed by atoms with Gasteiger partial charge < -0.3 is 10.6 Å². The fraction of sp³-hybridized carbons (Fsp3) is 0.375. The van der Waals surface area contributed by atoms with Gasteiger partial charge in [-0.1, -0.05) is 25.1 Å². The molecule has 2 heterocycles. The highest BCUT2D eigenvalue weighted by Gasteiger charge is 2.24. The maximum atomic E-state index is 9.33. The van der Waals surface area contributed by atoms with Gasteiger partial charge in [0.1, 0.15) is 5.82 Å². The Balaban J connectivity index is 2.02. The molecule has 4 nitrogen and oxygen atoms in total. The predicted octanol–water partition coefficient (Wildman–Crippen LogP) is 2.28. The van der Waals surface area contributed by atoms with Crippen molar-refractivity contribution in [2.24, 2.45) is 11.7 Å². The van der Waals surface area contributed by atoms with E-state index in [1.165, 1.54) is 0 Å². The third-order valence-electron chi connectivity index (χ3n) is 4.16. The molecule has 2 unspecified atom stereocenters. The molecule has 0 aliphatic carbocycles. The summed E-state index contributed by atoms with van der Waals surface area (Å²) in [5.41, 5.74) is 7.70. The number of rotatable bonds is 1. The number of nitrogens with zero attached hydrogens (tertiary/aromatic N) is 3. The van der Waals surface area contributed by atoms with Crippen LogP contribution in [0.25, 0.3) is 10.9 Å². The summed E-state index contributed by atoms with van der Waals surface area (Å²) < 4.78 is 0. The summed E-state index contributed by atoms with van der Waals surface area (Å²) in [5.74, 6) is 1.41. The van der Waals surface area contributed by atoms with Crippen molar-refractivity contribution >= 4 is 16.7 Å². The molecule has 0 amide bonds. The van der Waals surface area contributed by atoms with E-state index >= 15 is 0 Å². The Kier molecular flexibility index (Phi) is 3.29. The molecule has 0 saturated carbocycles. The molecule has 102 valence electrons. The molecule has 1 aliphatic heterocycles. The number of nitriles is 1. The maximum Gasteiger partial charge on any atom is 0.130 e. The van der Waals surface area contributed by atoms with E-state index in [0.29, 0.717) is 11.5 Å². The monoisotopic (exact) mass is 266 g/mol. The first-order valence-electron chi connectivity index (χ1n) is 6.99. The van der Waals surface area contributed by atoms with Gasteiger partial charge in [0.15, 0.2) is 0 Å². The Morgan fingerprint density at radius 2 is 2.20 bits per heavy atom. The van der Waals surface area contributed by atoms with Crippen molar-refractivity contribution in [2.75, 3.05) is 18.0 Å².